The Morgan fingerprint density at radius 3 is 2.68 bits per heavy atom. The molecule has 0 atom stereocenters. The zero-order valence-corrected chi connectivity index (χ0v) is 11.2. The number of rotatable bonds is 5. The minimum Gasteiger partial charge on any atom is -0.0845 e. The molecule has 0 bridgehead atoms. The summed E-state index contributed by atoms with van der Waals surface area (Å²) < 4.78 is 0. The molecule has 1 aliphatic carbocycles. The van der Waals surface area contributed by atoms with Crippen LogP contribution in [0.1, 0.15) is 36.0 Å². The van der Waals surface area contributed by atoms with Crippen LogP contribution in [0.15, 0.2) is 48.5 Å². The van der Waals surface area contributed by atoms with Crippen LogP contribution in [0.3, 0.4) is 0 Å². The smallest absolute Gasteiger partial charge is 0.00134 e. The maximum atomic E-state index is 5.41. The van der Waals surface area contributed by atoms with Crippen molar-refractivity contribution in [1.82, 2.24) is 0 Å². The van der Waals surface area contributed by atoms with E-state index in [4.69, 9.17) is 6.58 Å². The lowest BCUT2D eigenvalue weighted by Crippen LogP contribution is -1.88. The summed E-state index contributed by atoms with van der Waals surface area (Å²) in [4.78, 5) is 0. The molecule has 3 rings (SSSR count). The van der Waals surface area contributed by atoms with Crippen LogP contribution in [0.4, 0.5) is 0 Å². The van der Waals surface area contributed by atoms with Crippen molar-refractivity contribution >= 4 is 0 Å². The van der Waals surface area contributed by atoms with Gasteiger partial charge in [-0.1, -0.05) is 55.1 Å². The summed E-state index contributed by atoms with van der Waals surface area (Å²) in [7, 11) is 0. The number of aryl methyl sites for hydroxylation is 1. The van der Waals surface area contributed by atoms with E-state index in [-0.39, 0.29) is 0 Å². The predicted octanol–water partition coefficient (Wildman–Crippen LogP) is 4.96. The zero-order chi connectivity index (χ0) is 13.1. The van der Waals surface area contributed by atoms with Crippen molar-refractivity contribution in [3.8, 4) is 11.1 Å². The van der Waals surface area contributed by atoms with E-state index in [9.17, 15) is 0 Å². The minimum absolute atomic E-state index is 1.02. The second-order valence-corrected chi connectivity index (χ2v) is 5.31. The van der Waals surface area contributed by atoms with Gasteiger partial charge in [-0.15, -0.1) is 0 Å². The molecule has 95 valence electrons. The summed E-state index contributed by atoms with van der Waals surface area (Å²) in [6.07, 6.45) is 7.45. The normalized spacial score (nSPS) is 12.0. The summed E-state index contributed by atoms with van der Waals surface area (Å²) in [6.45, 7) is 5.41. The third-order valence-corrected chi connectivity index (χ3v) is 3.94. The van der Waals surface area contributed by atoms with Gasteiger partial charge < -0.3 is 0 Å². The van der Waals surface area contributed by atoms with Crippen molar-refractivity contribution in [3.63, 3.8) is 0 Å². The Morgan fingerprint density at radius 2 is 1.79 bits per heavy atom. The SMILES string of the molecule is [CH]=CCCCCc1ccc2c(c1)Cc1ccccc1-2. The summed E-state index contributed by atoms with van der Waals surface area (Å²) in [6, 6.07) is 15.7. The molecule has 0 nitrogen and oxygen atoms in total. The van der Waals surface area contributed by atoms with E-state index in [1.165, 1.54) is 40.7 Å². The van der Waals surface area contributed by atoms with Crippen molar-refractivity contribution in [3.05, 3.63) is 71.8 Å². The fraction of sp³-hybridized carbons (Fsp3) is 0.263. The quantitative estimate of drug-likeness (QED) is 0.559. The molecule has 19 heavy (non-hydrogen) atoms. The van der Waals surface area contributed by atoms with Crippen LogP contribution in [0.25, 0.3) is 11.1 Å². The molecule has 0 unspecified atom stereocenters. The Morgan fingerprint density at radius 1 is 0.947 bits per heavy atom. The Hall–Kier alpha value is -1.82. The van der Waals surface area contributed by atoms with Crippen molar-refractivity contribution < 1.29 is 0 Å². The number of benzene rings is 2. The summed E-state index contributed by atoms with van der Waals surface area (Å²) in [5.41, 5.74) is 7.26. The van der Waals surface area contributed by atoms with E-state index in [1.807, 2.05) is 0 Å². The Kier molecular flexibility index (Phi) is 3.50. The van der Waals surface area contributed by atoms with Gasteiger partial charge in [0.1, 0.15) is 0 Å². The highest BCUT2D eigenvalue weighted by Gasteiger charge is 2.17. The summed E-state index contributed by atoms with van der Waals surface area (Å²) in [5.74, 6) is 0. The third kappa shape index (κ3) is 2.49. The van der Waals surface area contributed by atoms with E-state index in [1.54, 1.807) is 6.08 Å². The van der Waals surface area contributed by atoms with Crippen LogP contribution in [-0.4, -0.2) is 0 Å². The maximum absolute atomic E-state index is 5.41. The van der Waals surface area contributed by atoms with Crippen molar-refractivity contribution in [1.29, 1.82) is 0 Å². The lowest BCUT2D eigenvalue weighted by molar-refractivity contribution is 0.747. The predicted molar refractivity (Wildman–Crippen MR) is 81.1 cm³/mol. The first-order valence-electron chi connectivity index (χ1n) is 7.12. The lowest BCUT2D eigenvalue weighted by atomic mass is 10.0. The molecule has 0 fully saturated rings. The highest BCUT2D eigenvalue weighted by Crippen LogP contribution is 2.36. The van der Waals surface area contributed by atoms with Gasteiger partial charge in [0.15, 0.2) is 0 Å². The van der Waals surface area contributed by atoms with Gasteiger partial charge in [0, 0.05) is 0 Å². The molecular weight excluding hydrogens is 228 g/mol. The summed E-state index contributed by atoms with van der Waals surface area (Å²) in [5, 5.41) is 0. The average molecular weight is 247 g/mol. The van der Waals surface area contributed by atoms with E-state index in [0.717, 1.165) is 19.3 Å². The molecule has 0 saturated heterocycles. The van der Waals surface area contributed by atoms with Gasteiger partial charge in [0.25, 0.3) is 0 Å². The second kappa shape index (κ2) is 5.44. The monoisotopic (exact) mass is 247 g/mol. The van der Waals surface area contributed by atoms with Crippen LogP contribution in [0.2, 0.25) is 0 Å². The lowest BCUT2D eigenvalue weighted by Gasteiger charge is -2.05. The van der Waals surface area contributed by atoms with Gasteiger partial charge in [-0.3, -0.25) is 0 Å². The Bertz CT molecular complexity index is 593. The van der Waals surface area contributed by atoms with Gasteiger partial charge in [-0.25, -0.2) is 0 Å². The van der Waals surface area contributed by atoms with Gasteiger partial charge in [0.2, 0.25) is 0 Å². The van der Waals surface area contributed by atoms with Crippen molar-refractivity contribution in [2.24, 2.45) is 0 Å². The van der Waals surface area contributed by atoms with Gasteiger partial charge >= 0.3 is 0 Å². The van der Waals surface area contributed by atoms with E-state index in [0.29, 0.717) is 0 Å². The second-order valence-electron chi connectivity index (χ2n) is 5.31. The number of fused-ring (bicyclic) bond motifs is 3. The van der Waals surface area contributed by atoms with E-state index < -0.39 is 0 Å². The van der Waals surface area contributed by atoms with Crippen LogP contribution in [0, 0.1) is 6.58 Å². The number of allylic oxidation sites excluding steroid dienone is 1. The molecule has 0 spiro atoms. The highest BCUT2D eigenvalue weighted by atomic mass is 14.2. The minimum atomic E-state index is 1.02. The van der Waals surface area contributed by atoms with Crippen LogP contribution in [0.5, 0.6) is 0 Å². The molecule has 0 aliphatic heterocycles. The molecule has 0 aromatic heterocycles. The fourth-order valence-electron chi connectivity index (χ4n) is 2.95. The molecule has 0 N–H and O–H groups in total. The van der Waals surface area contributed by atoms with Gasteiger partial charge in [0.05, 0.1) is 0 Å². The molecule has 0 heterocycles. The topological polar surface area (TPSA) is 0 Å². The first-order chi connectivity index (χ1) is 9.38. The number of hydrogen-bond acceptors (Lipinski definition) is 0. The molecule has 0 saturated carbocycles. The number of hydrogen-bond donors (Lipinski definition) is 0. The number of unbranched alkanes of at least 4 members (excludes halogenated alkanes) is 2. The first kappa shape index (κ1) is 12.2. The average Bonchev–Trinajstić information content (AvgIpc) is 2.81. The van der Waals surface area contributed by atoms with Gasteiger partial charge in [-0.05, 0) is 59.9 Å². The van der Waals surface area contributed by atoms with E-state index >= 15 is 0 Å². The first-order valence-corrected chi connectivity index (χ1v) is 7.12. The van der Waals surface area contributed by atoms with E-state index in [2.05, 4.69) is 42.5 Å². The van der Waals surface area contributed by atoms with Crippen molar-refractivity contribution in [2.75, 3.05) is 0 Å². The molecule has 0 heteroatoms. The largest absolute Gasteiger partial charge is 0.0845 e. The van der Waals surface area contributed by atoms with Crippen molar-refractivity contribution in [2.45, 2.75) is 32.1 Å². The Labute approximate surface area is 115 Å². The molecular formula is C19H19. The zero-order valence-electron chi connectivity index (χ0n) is 11.2. The fourth-order valence-corrected chi connectivity index (χ4v) is 2.95. The maximum Gasteiger partial charge on any atom is -0.00134 e. The van der Waals surface area contributed by atoms with Gasteiger partial charge in [-0.2, -0.15) is 0 Å². The van der Waals surface area contributed by atoms with Crippen LogP contribution < -0.4 is 0 Å². The standard InChI is InChI=1S/C19H19/c1-2-3-4-5-8-15-11-12-19-17(13-15)14-16-9-6-7-10-18(16)19/h1-2,6-7,9-13H,3-5,8,14H2. The summed E-state index contributed by atoms with van der Waals surface area (Å²) >= 11 is 0. The van der Waals surface area contributed by atoms with Crippen LogP contribution in [-0.2, 0) is 12.8 Å². The molecule has 2 aromatic carbocycles. The van der Waals surface area contributed by atoms with Crippen LogP contribution >= 0.6 is 0 Å². The Balaban J connectivity index is 1.76. The molecule has 0 amide bonds. The molecule has 1 aliphatic rings. The highest BCUT2D eigenvalue weighted by molar-refractivity contribution is 5.76. The molecule has 2 aromatic rings. The third-order valence-electron chi connectivity index (χ3n) is 3.94. The molecule has 1 radical (unpaired) electrons.